The monoisotopic (exact) mass is 274 g/mol. The molecule has 2 rings (SSSR count). The average Bonchev–Trinajstić information content (AvgIpc) is 2.42. The summed E-state index contributed by atoms with van der Waals surface area (Å²) < 4.78 is 0. The van der Waals surface area contributed by atoms with Crippen molar-refractivity contribution in [3.05, 3.63) is 35.9 Å². The van der Waals surface area contributed by atoms with Gasteiger partial charge >= 0.3 is 0 Å². The SMILES string of the molecule is CN1CCC(CN(C)CC(=O)Cc2ccccc2)CC1. The lowest BCUT2D eigenvalue weighted by Crippen LogP contribution is -2.37. The van der Waals surface area contributed by atoms with E-state index < -0.39 is 0 Å². The number of likely N-dealkylation sites (N-methyl/N-ethyl adjacent to an activating group) is 1. The smallest absolute Gasteiger partial charge is 0.151 e. The fourth-order valence-corrected chi connectivity index (χ4v) is 2.93. The zero-order chi connectivity index (χ0) is 14.4. The van der Waals surface area contributed by atoms with Crippen molar-refractivity contribution in [3.63, 3.8) is 0 Å². The van der Waals surface area contributed by atoms with Crippen molar-refractivity contribution in [3.8, 4) is 0 Å². The lowest BCUT2D eigenvalue weighted by atomic mass is 9.96. The lowest BCUT2D eigenvalue weighted by Gasteiger charge is -2.31. The Morgan fingerprint density at radius 3 is 2.55 bits per heavy atom. The molecule has 3 heteroatoms. The minimum Gasteiger partial charge on any atom is -0.306 e. The van der Waals surface area contributed by atoms with Crippen LogP contribution in [-0.4, -0.2) is 55.9 Å². The van der Waals surface area contributed by atoms with Crippen LogP contribution in [0.25, 0.3) is 0 Å². The van der Waals surface area contributed by atoms with Crippen LogP contribution in [0.5, 0.6) is 0 Å². The Bertz CT molecular complexity index is 410. The number of ketones is 1. The number of carbonyl (C=O) groups is 1. The number of piperidine rings is 1. The third-order valence-corrected chi connectivity index (χ3v) is 4.10. The van der Waals surface area contributed by atoms with Crippen LogP contribution < -0.4 is 0 Å². The van der Waals surface area contributed by atoms with Gasteiger partial charge in [0.25, 0.3) is 0 Å². The number of hydrogen-bond acceptors (Lipinski definition) is 3. The molecule has 20 heavy (non-hydrogen) atoms. The van der Waals surface area contributed by atoms with Gasteiger partial charge in [-0.3, -0.25) is 9.69 Å². The highest BCUT2D eigenvalue weighted by Crippen LogP contribution is 2.16. The largest absolute Gasteiger partial charge is 0.306 e. The van der Waals surface area contributed by atoms with Crippen molar-refractivity contribution in [1.29, 1.82) is 0 Å². The van der Waals surface area contributed by atoms with E-state index in [-0.39, 0.29) is 0 Å². The molecule has 1 saturated heterocycles. The van der Waals surface area contributed by atoms with Gasteiger partial charge in [-0.15, -0.1) is 0 Å². The summed E-state index contributed by atoms with van der Waals surface area (Å²) in [5, 5.41) is 0. The molecule has 1 aliphatic rings. The molecule has 0 aliphatic carbocycles. The quantitative estimate of drug-likeness (QED) is 0.793. The summed E-state index contributed by atoms with van der Waals surface area (Å²) in [6, 6.07) is 10.0. The van der Waals surface area contributed by atoms with E-state index in [2.05, 4.69) is 23.9 Å². The molecular weight excluding hydrogens is 248 g/mol. The third-order valence-electron chi connectivity index (χ3n) is 4.10. The van der Waals surface area contributed by atoms with E-state index in [1.54, 1.807) is 0 Å². The Morgan fingerprint density at radius 2 is 1.90 bits per heavy atom. The van der Waals surface area contributed by atoms with Crippen molar-refractivity contribution < 1.29 is 4.79 Å². The number of benzene rings is 1. The van der Waals surface area contributed by atoms with E-state index >= 15 is 0 Å². The molecule has 1 aromatic carbocycles. The summed E-state index contributed by atoms with van der Waals surface area (Å²) in [7, 11) is 4.25. The molecule has 110 valence electrons. The van der Waals surface area contributed by atoms with Gasteiger partial charge in [-0.1, -0.05) is 30.3 Å². The minimum atomic E-state index is 0.312. The predicted molar refractivity (Wildman–Crippen MR) is 82.9 cm³/mol. The summed E-state index contributed by atoms with van der Waals surface area (Å²) in [6.07, 6.45) is 3.07. The zero-order valence-corrected chi connectivity index (χ0v) is 12.7. The fraction of sp³-hybridized carbons (Fsp3) is 0.588. The molecule has 0 atom stereocenters. The molecule has 0 saturated carbocycles. The molecule has 0 unspecified atom stereocenters. The predicted octanol–water partition coefficient (Wildman–Crippen LogP) is 2.07. The van der Waals surface area contributed by atoms with Gasteiger partial charge in [0.15, 0.2) is 5.78 Å². The van der Waals surface area contributed by atoms with Crippen molar-refractivity contribution in [2.24, 2.45) is 5.92 Å². The lowest BCUT2D eigenvalue weighted by molar-refractivity contribution is -0.119. The Hall–Kier alpha value is -1.19. The number of hydrogen-bond donors (Lipinski definition) is 0. The maximum atomic E-state index is 12.1. The number of nitrogens with zero attached hydrogens (tertiary/aromatic N) is 2. The number of carbonyl (C=O) groups excluding carboxylic acids is 1. The van der Waals surface area contributed by atoms with E-state index in [4.69, 9.17) is 0 Å². The Morgan fingerprint density at radius 1 is 1.25 bits per heavy atom. The van der Waals surface area contributed by atoms with Gasteiger partial charge in [0.2, 0.25) is 0 Å². The Labute approximate surface area is 122 Å². The van der Waals surface area contributed by atoms with Gasteiger partial charge in [-0.25, -0.2) is 0 Å². The number of likely N-dealkylation sites (tertiary alicyclic amines) is 1. The van der Waals surface area contributed by atoms with Gasteiger partial charge in [0.1, 0.15) is 0 Å². The second kappa shape index (κ2) is 7.55. The maximum absolute atomic E-state index is 12.1. The van der Waals surface area contributed by atoms with Crippen LogP contribution in [0.2, 0.25) is 0 Å². The molecule has 0 spiro atoms. The van der Waals surface area contributed by atoms with Crippen LogP contribution in [-0.2, 0) is 11.2 Å². The Balaban J connectivity index is 1.71. The van der Waals surface area contributed by atoms with Gasteiger partial charge in [-0.2, -0.15) is 0 Å². The Kier molecular flexibility index (Phi) is 5.74. The molecule has 0 radical (unpaired) electrons. The van der Waals surface area contributed by atoms with E-state index in [1.807, 2.05) is 30.3 Å². The topological polar surface area (TPSA) is 23.6 Å². The van der Waals surface area contributed by atoms with Crippen molar-refractivity contribution in [2.45, 2.75) is 19.3 Å². The maximum Gasteiger partial charge on any atom is 0.151 e. The van der Waals surface area contributed by atoms with Crippen molar-refractivity contribution >= 4 is 5.78 Å². The van der Waals surface area contributed by atoms with Gasteiger partial charge in [0.05, 0.1) is 6.54 Å². The van der Waals surface area contributed by atoms with Crippen LogP contribution in [0, 0.1) is 5.92 Å². The molecule has 0 amide bonds. The van der Waals surface area contributed by atoms with Gasteiger partial charge < -0.3 is 4.90 Å². The first-order valence-corrected chi connectivity index (χ1v) is 7.56. The van der Waals surface area contributed by atoms with E-state index in [1.165, 1.54) is 25.9 Å². The second-order valence-corrected chi connectivity index (χ2v) is 6.14. The third kappa shape index (κ3) is 5.06. The number of Topliss-reactive ketones (excluding diaryl/α,β-unsaturated/α-hetero) is 1. The number of rotatable bonds is 6. The summed E-state index contributed by atoms with van der Waals surface area (Å²) in [4.78, 5) is 16.6. The highest BCUT2D eigenvalue weighted by atomic mass is 16.1. The minimum absolute atomic E-state index is 0.312. The summed E-state index contributed by atoms with van der Waals surface area (Å²) in [5.74, 6) is 1.06. The summed E-state index contributed by atoms with van der Waals surface area (Å²) in [6.45, 7) is 4.00. The molecule has 1 fully saturated rings. The van der Waals surface area contributed by atoms with E-state index in [0.717, 1.165) is 18.0 Å². The van der Waals surface area contributed by atoms with Crippen molar-refractivity contribution in [1.82, 2.24) is 9.80 Å². The fourth-order valence-electron chi connectivity index (χ4n) is 2.93. The average molecular weight is 274 g/mol. The van der Waals surface area contributed by atoms with Gasteiger partial charge in [0, 0.05) is 13.0 Å². The van der Waals surface area contributed by atoms with Crippen LogP contribution in [0.1, 0.15) is 18.4 Å². The normalized spacial score (nSPS) is 17.6. The van der Waals surface area contributed by atoms with Crippen LogP contribution in [0.3, 0.4) is 0 Å². The highest BCUT2D eigenvalue weighted by Gasteiger charge is 2.19. The standard InChI is InChI=1S/C17H26N2O/c1-18-10-8-16(9-11-18)13-19(2)14-17(20)12-15-6-4-3-5-7-15/h3-7,16H,8-14H2,1-2H3. The molecule has 1 heterocycles. The zero-order valence-electron chi connectivity index (χ0n) is 12.7. The first-order chi connectivity index (χ1) is 9.63. The molecule has 1 aromatic rings. The molecule has 0 aromatic heterocycles. The van der Waals surface area contributed by atoms with Crippen LogP contribution in [0.4, 0.5) is 0 Å². The van der Waals surface area contributed by atoms with Crippen LogP contribution >= 0.6 is 0 Å². The van der Waals surface area contributed by atoms with E-state index in [0.29, 0.717) is 18.7 Å². The molecule has 0 bridgehead atoms. The second-order valence-electron chi connectivity index (χ2n) is 6.14. The molecule has 0 N–H and O–H groups in total. The van der Waals surface area contributed by atoms with Gasteiger partial charge in [-0.05, 0) is 51.5 Å². The first-order valence-electron chi connectivity index (χ1n) is 7.56. The first kappa shape index (κ1) is 15.2. The van der Waals surface area contributed by atoms with E-state index in [9.17, 15) is 4.79 Å². The molecule has 3 nitrogen and oxygen atoms in total. The summed E-state index contributed by atoms with van der Waals surface area (Å²) >= 11 is 0. The molecular formula is C17H26N2O. The van der Waals surface area contributed by atoms with Crippen LogP contribution in [0.15, 0.2) is 30.3 Å². The highest BCUT2D eigenvalue weighted by molar-refractivity contribution is 5.82. The molecule has 1 aliphatic heterocycles. The summed E-state index contributed by atoms with van der Waals surface area (Å²) in [5.41, 5.74) is 1.12. The van der Waals surface area contributed by atoms with Crippen molar-refractivity contribution in [2.75, 3.05) is 40.3 Å².